The molecule has 8 heteroatoms. The van der Waals surface area contributed by atoms with E-state index in [0.29, 0.717) is 33.0 Å². The topological polar surface area (TPSA) is 92.9 Å². The van der Waals surface area contributed by atoms with Gasteiger partial charge in [-0.05, 0) is 42.0 Å². The van der Waals surface area contributed by atoms with Gasteiger partial charge in [-0.25, -0.2) is 0 Å². The number of carbonyl (C=O) groups excluding carboxylic acids is 2. The first-order valence-corrected chi connectivity index (χ1v) is 10.4. The van der Waals surface area contributed by atoms with E-state index in [1.165, 1.54) is 12.0 Å². The third-order valence-electron chi connectivity index (χ3n) is 5.49. The average Bonchev–Trinajstić information content (AvgIpc) is 3.38. The van der Waals surface area contributed by atoms with E-state index in [9.17, 15) is 14.7 Å². The minimum absolute atomic E-state index is 0.0225. The minimum Gasteiger partial charge on any atom is -0.503 e. The number of pyridine rings is 1. The standard InChI is InChI=1S/C25H17ClN2O5/c1-32-18-9-2-5-14-11-19(33-24(14)18)22(29)20-21(15-6-4-10-27-13-15)28(25(31)23(20)30)17-8-3-7-16(26)12-17/h2-13,21,30H,1H3. The lowest BCUT2D eigenvalue weighted by Gasteiger charge is -2.26. The van der Waals surface area contributed by atoms with Crippen molar-refractivity contribution in [2.24, 2.45) is 0 Å². The summed E-state index contributed by atoms with van der Waals surface area (Å²) in [6.07, 6.45) is 3.13. The summed E-state index contributed by atoms with van der Waals surface area (Å²) >= 11 is 6.15. The first-order valence-electron chi connectivity index (χ1n) is 10.0. The Labute approximate surface area is 193 Å². The molecule has 0 fully saturated rings. The van der Waals surface area contributed by atoms with Gasteiger partial charge in [-0.1, -0.05) is 35.9 Å². The fraction of sp³-hybridized carbons (Fsp3) is 0.0800. The van der Waals surface area contributed by atoms with Gasteiger partial charge in [0.15, 0.2) is 22.9 Å². The van der Waals surface area contributed by atoms with Gasteiger partial charge in [-0.15, -0.1) is 0 Å². The summed E-state index contributed by atoms with van der Waals surface area (Å²) in [5.41, 5.74) is 1.28. The zero-order valence-electron chi connectivity index (χ0n) is 17.4. The number of ether oxygens (including phenoxy) is 1. The van der Waals surface area contributed by atoms with Crippen LogP contribution < -0.4 is 9.64 Å². The van der Waals surface area contributed by atoms with Crippen LogP contribution in [0.3, 0.4) is 0 Å². The number of aliphatic hydroxyl groups is 1. The molecule has 0 saturated carbocycles. The molecule has 2 aromatic carbocycles. The maximum absolute atomic E-state index is 13.6. The highest BCUT2D eigenvalue weighted by Crippen LogP contribution is 2.42. The number of ketones is 1. The molecule has 0 aliphatic carbocycles. The van der Waals surface area contributed by atoms with Gasteiger partial charge < -0.3 is 14.3 Å². The summed E-state index contributed by atoms with van der Waals surface area (Å²) in [5.74, 6) is -1.54. The summed E-state index contributed by atoms with van der Waals surface area (Å²) in [6.45, 7) is 0. The monoisotopic (exact) mass is 460 g/mol. The quantitative estimate of drug-likeness (QED) is 0.408. The van der Waals surface area contributed by atoms with Gasteiger partial charge >= 0.3 is 0 Å². The molecule has 3 heterocycles. The Morgan fingerprint density at radius 2 is 1.97 bits per heavy atom. The maximum Gasteiger partial charge on any atom is 0.294 e. The average molecular weight is 461 g/mol. The number of methoxy groups -OCH3 is 1. The Morgan fingerprint density at radius 3 is 2.70 bits per heavy atom. The highest BCUT2D eigenvalue weighted by Gasteiger charge is 2.45. The molecule has 164 valence electrons. The van der Waals surface area contributed by atoms with E-state index < -0.39 is 23.5 Å². The highest BCUT2D eigenvalue weighted by molar-refractivity contribution is 6.31. The SMILES string of the molecule is COc1cccc2cc(C(=O)C3=C(O)C(=O)N(c4cccc(Cl)c4)C3c3cccnc3)oc12. The molecule has 1 aliphatic rings. The number of Topliss-reactive ketones (excluding diaryl/α,β-unsaturated/α-hetero) is 1. The van der Waals surface area contributed by atoms with Crippen molar-refractivity contribution in [3.05, 3.63) is 101 Å². The Bertz CT molecular complexity index is 1430. The van der Waals surface area contributed by atoms with E-state index in [1.807, 2.05) is 0 Å². The Morgan fingerprint density at radius 1 is 1.15 bits per heavy atom. The molecule has 7 nitrogen and oxygen atoms in total. The second kappa shape index (κ2) is 8.11. The van der Waals surface area contributed by atoms with Crippen LogP contribution in [0.2, 0.25) is 5.02 Å². The molecule has 1 unspecified atom stereocenters. The van der Waals surface area contributed by atoms with Crippen LogP contribution in [0, 0.1) is 0 Å². The fourth-order valence-electron chi connectivity index (χ4n) is 4.02. The number of hydrogen-bond donors (Lipinski definition) is 1. The second-order valence-corrected chi connectivity index (χ2v) is 7.86. The molecule has 0 bridgehead atoms. The fourth-order valence-corrected chi connectivity index (χ4v) is 4.21. The van der Waals surface area contributed by atoms with Crippen LogP contribution >= 0.6 is 11.6 Å². The van der Waals surface area contributed by atoms with Gasteiger partial charge in [0.2, 0.25) is 5.78 Å². The first-order chi connectivity index (χ1) is 16.0. The molecule has 0 radical (unpaired) electrons. The van der Waals surface area contributed by atoms with Crippen molar-refractivity contribution < 1.29 is 23.8 Å². The Hall–Kier alpha value is -4.10. The molecular formula is C25H17ClN2O5. The van der Waals surface area contributed by atoms with E-state index in [0.717, 1.165) is 0 Å². The number of para-hydroxylation sites is 1. The normalized spacial score (nSPS) is 16.0. The molecule has 2 aromatic heterocycles. The molecule has 1 amide bonds. The number of rotatable bonds is 5. The van der Waals surface area contributed by atoms with Crippen molar-refractivity contribution in [3.8, 4) is 5.75 Å². The number of furan rings is 1. The number of carbonyl (C=O) groups is 2. The lowest BCUT2D eigenvalue weighted by atomic mass is 9.96. The number of aromatic nitrogens is 1. The molecule has 1 aliphatic heterocycles. The van der Waals surface area contributed by atoms with E-state index in [-0.39, 0.29) is 11.3 Å². The predicted octanol–water partition coefficient (Wildman–Crippen LogP) is 5.27. The van der Waals surface area contributed by atoms with E-state index in [4.69, 9.17) is 20.8 Å². The van der Waals surface area contributed by atoms with E-state index >= 15 is 0 Å². The smallest absolute Gasteiger partial charge is 0.294 e. The number of benzene rings is 2. The molecule has 1 N–H and O–H groups in total. The van der Waals surface area contributed by atoms with Crippen LogP contribution in [0.15, 0.2) is 88.8 Å². The van der Waals surface area contributed by atoms with Crippen molar-refractivity contribution in [1.82, 2.24) is 4.98 Å². The van der Waals surface area contributed by atoms with Crippen LogP contribution in [-0.4, -0.2) is 28.9 Å². The maximum atomic E-state index is 13.6. The number of anilines is 1. The number of aliphatic hydroxyl groups excluding tert-OH is 1. The van der Waals surface area contributed by atoms with Crippen LogP contribution in [0.1, 0.15) is 22.2 Å². The van der Waals surface area contributed by atoms with E-state index in [2.05, 4.69) is 4.98 Å². The van der Waals surface area contributed by atoms with Gasteiger partial charge in [0.1, 0.15) is 0 Å². The second-order valence-electron chi connectivity index (χ2n) is 7.42. The molecule has 0 saturated heterocycles. The van der Waals surface area contributed by atoms with Crippen LogP contribution in [0.5, 0.6) is 5.75 Å². The molecule has 0 spiro atoms. The number of fused-ring (bicyclic) bond motifs is 1. The van der Waals surface area contributed by atoms with Gasteiger partial charge in [0.05, 0.1) is 18.7 Å². The van der Waals surface area contributed by atoms with Gasteiger partial charge in [-0.2, -0.15) is 0 Å². The van der Waals surface area contributed by atoms with Gasteiger partial charge in [0.25, 0.3) is 5.91 Å². The number of amides is 1. The number of hydrogen-bond acceptors (Lipinski definition) is 6. The van der Waals surface area contributed by atoms with Gasteiger partial charge in [0, 0.05) is 28.5 Å². The number of nitrogens with zero attached hydrogens (tertiary/aromatic N) is 2. The largest absolute Gasteiger partial charge is 0.503 e. The summed E-state index contributed by atoms with van der Waals surface area (Å²) in [5, 5.41) is 11.9. The Balaban J connectivity index is 1.66. The molecular weight excluding hydrogens is 444 g/mol. The lowest BCUT2D eigenvalue weighted by Crippen LogP contribution is -2.31. The highest BCUT2D eigenvalue weighted by atomic mass is 35.5. The molecule has 5 rings (SSSR count). The summed E-state index contributed by atoms with van der Waals surface area (Å²) in [4.78, 5) is 32.3. The van der Waals surface area contributed by atoms with Crippen LogP contribution in [-0.2, 0) is 4.79 Å². The minimum atomic E-state index is -0.924. The van der Waals surface area contributed by atoms with Crippen molar-refractivity contribution in [3.63, 3.8) is 0 Å². The molecule has 1 atom stereocenters. The third kappa shape index (κ3) is 3.43. The zero-order chi connectivity index (χ0) is 23.1. The van der Waals surface area contributed by atoms with Crippen molar-refractivity contribution in [2.45, 2.75) is 6.04 Å². The zero-order valence-corrected chi connectivity index (χ0v) is 18.1. The first kappa shape index (κ1) is 20.8. The third-order valence-corrected chi connectivity index (χ3v) is 5.73. The predicted molar refractivity (Wildman–Crippen MR) is 123 cm³/mol. The summed E-state index contributed by atoms with van der Waals surface area (Å²) in [7, 11) is 1.50. The van der Waals surface area contributed by atoms with E-state index in [1.54, 1.807) is 73.1 Å². The van der Waals surface area contributed by atoms with Crippen molar-refractivity contribution in [2.75, 3.05) is 12.0 Å². The van der Waals surface area contributed by atoms with Crippen molar-refractivity contribution in [1.29, 1.82) is 0 Å². The summed E-state index contributed by atoms with van der Waals surface area (Å²) in [6, 6.07) is 16.0. The number of halogens is 1. The van der Waals surface area contributed by atoms with Gasteiger partial charge in [-0.3, -0.25) is 19.5 Å². The van der Waals surface area contributed by atoms with Crippen molar-refractivity contribution >= 4 is 39.9 Å². The Kier molecular flexibility index (Phi) is 5.11. The van der Waals surface area contributed by atoms with Crippen LogP contribution in [0.4, 0.5) is 5.69 Å². The lowest BCUT2D eigenvalue weighted by molar-refractivity contribution is -0.117. The van der Waals surface area contributed by atoms with Crippen LogP contribution in [0.25, 0.3) is 11.0 Å². The molecule has 33 heavy (non-hydrogen) atoms. The molecule has 4 aromatic rings. The summed E-state index contributed by atoms with van der Waals surface area (Å²) < 4.78 is 11.1.